The second-order valence-electron chi connectivity index (χ2n) is 6.50. The van der Waals surface area contributed by atoms with Crippen LogP contribution in [0.1, 0.15) is 38.2 Å². The maximum absolute atomic E-state index is 13.9. The molecule has 152 valence electrons. The number of benzene rings is 2. The summed E-state index contributed by atoms with van der Waals surface area (Å²) < 4.78 is 33.2. The summed E-state index contributed by atoms with van der Waals surface area (Å²) in [6, 6.07) is 12.3. The van der Waals surface area contributed by atoms with E-state index in [4.69, 9.17) is 4.74 Å². The van der Waals surface area contributed by atoms with Crippen molar-refractivity contribution in [1.82, 2.24) is 4.98 Å². The molecule has 0 saturated carbocycles. The topological polar surface area (TPSA) is 46.5 Å². The van der Waals surface area contributed by atoms with E-state index < -0.39 is 11.6 Å². The van der Waals surface area contributed by atoms with E-state index >= 15 is 0 Å². The average Bonchev–Trinajstić information content (AvgIpc) is 3.21. The van der Waals surface area contributed by atoms with Crippen LogP contribution in [0.15, 0.2) is 52.9 Å². The lowest BCUT2D eigenvalue weighted by molar-refractivity contribution is 0.285. The van der Waals surface area contributed by atoms with Crippen LogP contribution in [0.3, 0.4) is 0 Å². The zero-order valence-electron chi connectivity index (χ0n) is 16.2. The van der Waals surface area contributed by atoms with Crippen molar-refractivity contribution in [3.63, 3.8) is 0 Å². The molecule has 0 unspecified atom stereocenters. The van der Waals surface area contributed by atoms with Gasteiger partial charge in [0.1, 0.15) is 0 Å². The smallest absolute Gasteiger partial charge is 0.203 e. The molecule has 3 aromatic rings. The monoisotopic (exact) mass is 415 g/mol. The molecule has 3 rings (SSSR count). The maximum atomic E-state index is 13.9. The van der Waals surface area contributed by atoms with Gasteiger partial charge in [0.25, 0.3) is 0 Å². The Balaban J connectivity index is 1.61. The Morgan fingerprint density at radius 3 is 2.76 bits per heavy atom. The highest BCUT2D eigenvalue weighted by Gasteiger charge is 2.11. The van der Waals surface area contributed by atoms with Gasteiger partial charge in [0, 0.05) is 16.5 Å². The number of aromatic nitrogens is 1. The van der Waals surface area contributed by atoms with Crippen LogP contribution in [0.25, 0.3) is 11.3 Å². The van der Waals surface area contributed by atoms with Gasteiger partial charge in [0.15, 0.2) is 11.6 Å². The Bertz CT molecular complexity index is 944. The van der Waals surface area contributed by atoms with Crippen molar-refractivity contribution in [3.05, 3.63) is 65.0 Å². The third kappa shape index (κ3) is 6.09. The number of anilines is 1. The Morgan fingerprint density at radius 1 is 1.14 bits per heavy atom. The van der Waals surface area contributed by atoms with Gasteiger partial charge in [-0.25, -0.2) is 9.37 Å². The van der Waals surface area contributed by atoms with Gasteiger partial charge in [-0.15, -0.1) is 11.3 Å². The number of rotatable bonds is 10. The second kappa shape index (κ2) is 10.7. The van der Waals surface area contributed by atoms with Gasteiger partial charge in [0.2, 0.25) is 10.9 Å². The van der Waals surface area contributed by atoms with Crippen LogP contribution in [0.2, 0.25) is 0 Å². The summed E-state index contributed by atoms with van der Waals surface area (Å²) in [5, 5.41) is 6.61. The lowest BCUT2D eigenvalue weighted by Crippen LogP contribution is -2.02. The molecule has 0 saturated heterocycles. The van der Waals surface area contributed by atoms with Crippen molar-refractivity contribution >= 4 is 22.7 Å². The first kappa shape index (κ1) is 20.9. The van der Waals surface area contributed by atoms with Crippen LogP contribution in [0, 0.1) is 11.6 Å². The van der Waals surface area contributed by atoms with Gasteiger partial charge >= 0.3 is 0 Å². The SMILES string of the molecule is CCCCCCOc1cc(C=NNc2nc(-c3ccccc3)cs2)cc(F)c1F. The van der Waals surface area contributed by atoms with Gasteiger partial charge < -0.3 is 4.74 Å². The number of nitrogens with zero attached hydrogens (tertiary/aromatic N) is 2. The number of hydrazone groups is 1. The number of halogens is 2. The molecule has 0 radical (unpaired) electrons. The van der Waals surface area contributed by atoms with Gasteiger partial charge in [-0.2, -0.15) is 9.49 Å². The third-order valence-corrected chi connectivity index (χ3v) is 4.97. The quantitative estimate of drug-likeness (QED) is 0.234. The zero-order valence-corrected chi connectivity index (χ0v) is 17.0. The van der Waals surface area contributed by atoms with Crippen LogP contribution in [0.5, 0.6) is 5.75 Å². The minimum atomic E-state index is -0.974. The van der Waals surface area contributed by atoms with Crippen molar-refractivity contribution in [2.24, 2.45) is 5.10 Å². The second-order valence-corrected chi connectivity index (χ2v) is 7.36. The van der Waals surface area contributed by atoms with Gasteiger partial charge in [-0.05, 0) is 18.6 Å². The fraction of sp³-hybridized carbons (Fsp3) is 0.273. The van der Waals surface area contributed by atoms with Crippen LogP contribution in [0.4, 0.5) is 13.9 Å². The lowest BCUT2D eigenvalue weighted by Gasteiger charge is -2.08. The minimum absolute atomic E-state index is 0.0939. The van der Waals surface area contributed by atoms with Crippen LogP contribution in [-0.2, 0) is 0 Å². The molecule has 0 amide bonds. The molecule has 1 aromatic heterocycles. The van der Waals surface area contributed by atoms with E-state index in [-0.39, 0.29) is 5.75 Å². The zero-order chi connectivity index (χ0) is 20.5. The fourth-order valence-corrected chi connectivity index (χ4v) is 3.37. The molecule has 1 N–H and O–H groups in total. The van der Waals surface area contributed by atoms with Crippen molar-refractivity contribution in [2.75, 3.05) is 12.0 Å². The number of ether oxygens (including phenoxy) is 1. The average molecular weight is 416 g/mol. The Morgan fingerprint density at radius 2 is 1.97 bits per heavy atom. The summed E-state index contributed by atoms with van der Waals surface area (Å²) in [5.74, 6) is -2.03. The molecule has 2 aromatic carbocycles. The Hall–Kier alpha value is -2.80. The summed E-state index contributed by atoms with van der Waals surface area (Å²) in [7, 11) is 0. The molecule has 7 heteroatoms. The third-order valence-electron chi connectivity index (χ3n) is 4.22. The largest absolute Gasteiger partial charge is 0.490 e. The number of nitrogens with one attached hydrogen (secondary N) is 1. The van der Waals surface area contributed by atoms with E-state index in [9.17, 15) is 8.78 Å². The highest BCUT2D eigenvalue weighted by atomic mass is 32.1. The summed E-state index contributed by atoms with van der Waals surface area (Å²) in [6.07, 6.45) is 5.43. The molecule has 0 spiro atoms. The van der Waals surface area contributed by atoms with Crippen LogP contribution >= 0.6 is 11.3 Å². The molecule has 0 aliphatic carbocycles. The molecule has 0 bridgehead atoms. The van der Waals surface area contributed by atoms with E-state index in [1.54, 1.807) is 0 Å². The first-order chi connectivity index (χ1) is 14.2. The normalized spacial score (nSPS) is 11.1. The van der Waals surface area contributed by atoms with Crippen molar-refractivity contribution in [1.29, 1.82) is 0 Å². The van der Waals surface area contributed by atoms with E-state index in [0.717, 1.165) is 43.0 Å². The predicted octanol–water partition coefficient (Wildman–Crippen LogP) is 6.49. The molecular weight excluding hydrogens is 392 g/mol. The van der Waals surface area contributed by atoms with Crippen molar-refractivity contribution in [3.8, 4) is 17.0 Å². The van der Waals surface area contributed by atoms with E-state index in [0.29, 0.717) is 17.3 Å². The van der Waals surface area contributed by atoms with Gasteiger partial charge in [-0.3, -0.25) is 5.43 Å². The number of thiazole rings is 1. The molecule has 4 nitrogen and oxygen atoms in total. The van der Waals surface area contributed by atoms with Gasteiger partial charge in [-0.1, -0.05) is 56.5 Å². The molecule has 0 fully saturated rings. The number of hydrogen-bond acceptors (Lipinski definition) is 5. The summed E-state index contributed by atoms with van der Waals surface area (Å²) in [4.78, 5) is 4.46. The molecule has 29 heavy (non-hydrogen) atoms. The van der Waals surface area contributed by atoms with Crippen LogP contribution < -0.4 is 10.2 Å². The Labute approximate surface area is 173 Å². The fourth-order valence-electron chi connectivity index (χ4n) is 2.70. The predicted molar refractivity (Wildman–Crippen MR) is 115 cm³/mol. The molecule has 0 aliphatic heterocycles. The summed E-state index contributed by atoms with van der Waals surface area (Å²) in [5.41, 5.74) is 5.09. The molecular formula is C22H23F2N3OS. The molecule has 1 heterocycles. The van der Waals surface area contributed by atoms with E-state index in [1.165, 1.54) is 23.6 Å². The maximum Gasteiger partial charge on any atom is 0.203 e. The number of unbranched alkanes of at least 4 members (excludes halogenated alkanes) is 3. The highest BCUT2D eigenvalue weighted by Crippen LogP contribution is 2.25. The first-order valence-corrected chi connectivity index (χ1v) is 10.5. The minimum Gasteiger partial charge on any atom is -0.490 e. The lowest BCUT2D eigenvalue weighted by atomic mass is 10.2. The number of hydrogen-bond donors (Lipinski definition) is 1. The van der Waals surface area contributed by atoms with Crippen LogP contribution in [-0.4, -0.2) is 17.8 Å². The standard InChI is InChI=1S/C22H23F2N3OS/c1-2-3-4-8-11-28-20-13-16(12-18(23)21(20)24)14-25-27-22-26-19(15-29-22)17-9-6-5-7-10-17/h5-7,9-10,12-15H,2-4,8,11H2,1H3,(H,26,27). The highest BCUT2D eigenvalue weighted by molar-refractivity contribution is 7.14. The first-order valence-electron chi connectivity index (χ1n) is 9.59. The van der Waals surface area contributed by atoms with E-state index in [2.05, 4.69) is 22.4 Å². The molecule has 0 aliphatic rings. The van der Waals surface area contributed by atoms with Crippen molar-refractivity contribution in [2.45, 2.75) is 32.6 Å². The summed E-state index contributed by atoms with van der Waals surface area (Å²) >= 11 is 1.41. The Kier molecular flexibility index (Phi) is 7.69. The van der Waals surface area contributed by atoms with Crippen molar-refractivity contribution < 1.29 is 13.5 Å². The van der Waals surface area contributed by atoms with E-state index in [1.807, 2.05) is 35.7 Å². The van der Waals surface area contributed by atoms with Gasteiger partial charge in [0.05, 0.1) is 18.5 Å². The summed E-state index contributed by atoms with van der Waals surface area (Å²) in [6.45, 7) is 2.47. The molecule has 0 atom stereocenters.